The molecule has 1 saturated carbocycles. The monoisotopic (exact) mass is 320 g/mol. The van der Waals surface area contributed by atoms with E-state index in [0.29, 0.717) is 5.92 Å². The van der Waals surface area contributed by atoms with Crippen LogP contribution < -0.4 is 0 Å². The Morgan fingerprint density at radius 1 is 1.14 bits per heavy atom. The van der Waals surface area contributed by atoms with Crippen LogP contribution in [-0.2, 0) is 9.57 Å². The van der Waals surface area contributed by atoms with E-state index < -0.39 is 0 Å². The van der Waals surface area contributed by atoms with Crippen LogP contribution in [0, 0.1) is 5.92 Å². The fourth-order valence-electron chi connectivity index (χ4n) is 4.03. The fraction of sp³-hybridized carbons (Fsp3) is 0.588. The summed E-state index contributed by atoms with van der Waals surface area (Å²) >= 11 is 6.01. The zero-order chi connectivity index (χ0) is 15.0. The van der Waals surface area contributed by atoms with Crippen LogP contribution in [0.3, 0.4) is 0 Å². The lowest BCUT2D eigenvalue weighted by Crippen LogP contribution is -2.59. The van der Waals surface area contributed by atoms with Crippen molar-refractivity contribution in [2.75, 3.05) is 26.3 Å². The van der Waals surface area contributed by atoms with Crippen molar-refractivity contribution in [2.45, 2.75) is 31.4 Å². The summed E-state index contributed by atoms with van der Waals surface area (Å²) in [5, 5.41) is 5.27. The van der Waals surface area contributed by atoms with E-state index >= 15 is 0 Å². The maximum Gasteiger partial charge on any atom is 0.200 e. The maximum atomic E-state index is 6.11. The van der Waals surface area contributed by atoms with Crippen LogP contribution in [0.4, 0.5) is 0 Å². The first-order valence-electron chi connectivity index (χ1n) is 8.14. The van der Waals surface area contributed by atoms with Gasteiger partial charge in [-0.05, 0) is 30.5 Å². The summed E-state index contributed by atoms with van der Waals surface area (Å²) in [6.45, 7) is 3.43. The van der Waals surface area contributed by atoms with Gasteiger partial charge in [0.1, 0.15) is 0 Å². The number of fused-ring (bicyclic) bond motifs is 1. The molecule has 0 N–H and O–H groups in total. The zero-order valence-corrected chi connectivity index (χ0v) is 13.4. The van der Waals surface area contributed by atoms with Crippen LogP contribution in [0.15, 0.2) is 29.4 Å². The molecule has 0 bridgehead atoms. The van der Waals surface area contributed by atoms with Gasteiger partial charge in [0.15, 0.2) is 5.72 Å². The largest absolute Gasteiger partial charge is 0.379 e. The summed E-state index contributed by atoms with van der Waals surface area (Å²) in [5.41, 5.74) is 1.96. The third kappa shape index (κ3) is 2.34. The van der Waals surface area contributed by atoms with Gasteiger partial charge in [-0.1, -0.05) is 35.3 Å². The molecule has 5 heteroatoms. The van der Waals surface area contributed by atoms with Gasteiger partial charge in [-0.15, -0.1) is 0 Å². The first kappa shape index (κ1) is 14.5. The van der Waals surface area contributed by atoms with Crippen molar-refractivity contribution in [3.63, 3.8) is 0 Å². The van der Waals surface area contributed by atoms with Crippen molar-refractivity contribution < 1.29 is 9.57 Å². The third-order valence-corrected chi connectivity index (χ3v) is 5.39. The molecule has 0 spiro atoms. The number of oxime groups is 1. The highest BCUT2D eigenvalue weighted by Gasteiger charge is 2.54. The molecule has 2 aliphatic heterocycles. The molecule has 3 aliphatic rings. The van der Waals surface area contributed by atoms with Gasteiger partial charge in [-0.2, -0.15) is 0 Å². The maximum absolute atomic E-state index is 6.11. The molecular weight excluding hydrogens is 300 g/mol. The lowest BCUT2D eigenvalue weighted by molar-refractivity contribution is -0.195. The highest BCUT2D eigenvalue weighted by molar-refractivity contribution is 6.30. The van der Waals surface area contributed by atoms with Crippen LogP contribution in [0.1, 0.15) is 31.2 Å². The Labute approximate surface area is 136 Å². The first-order valence-corrected chi connectivity index (χ1v) is 8.52. The van der Waals surface area contributed by atoms with Crippen molar-refractivity contribution >= 4 is 17.3 Å². The van der Waals surface area contributed by atoms with Crippen molar-refractivity contribution in [1.29, 1.82) is 0 Å². The molecule has 1 saturated heterocycles. The number of rotatable bonds is 2. The predicted molar refractivity (Wildman–Crippen MR) is 86.2 cm³/mol. The summed E-state index contributed by atoms with van der Waals surface area (Å²) in [6, 6.07) is 7.96. The van der Waals surface area contributed by atoms with Crippen LogP contribution in [0.2, 0.25) is 5.02 Å². The topological polar surface area (TPSA) is 34.1 Å². The second kappa shape index (κ2) is 5.84. The van der Waals surface area contributed by atoms with Gasteiger partial charge in [0.05, 0.1) is 24.8 Å². The lowest BCUT2D eigenvalue weighted by Gasteiger charge is -2.46. The molecule has 22 heavy (non-hydrogen) atoms. The first-order chi connectivity index (χ1) is 10.8. The summed E-state index contributed by atoms with van der Waals surface area (Å²) in [6.07, 6.45) is 4.64. The Morgan fingerprint density at radius 2 is 1.91 bits per heavy atom. The molecule has 2 unspecified atom stereocenters. The van der Waals surface area contributed by atoms with Gasteiger partial charge in [-0.3, -0.25) is 4.90 Å². The number of hydrogen-bond acceptors (Lipinski definition) is 4. The minimum Gasteiger partial charge on any atom is -0.379 e. The molecule has 2 heterocycles. The molecule has 0 aromatic heterocycles. The smallest absolute Gasteiger partial charge is 0.200 e. The van der Waals surface area contributed by atoms with Gasteiger partial charge < -0.3 is 9.57 Å². The fourth-order valence-corrected chi connectivity index (χ4v) is 4.16. The van der Waals surface area contributed by atoms with Gasteiger partial charge in [0.2, 0.25) is 0 Å². The van der Waals surface area contributed by atoms with Gasteiger partial charge in [0, 0.05) is 24.5 Å². The van der Waals surface area contributed by atoms with Crippen molar-refractivity contribution in [1.82, 2.24) is 4.90 Å². The number of morpholine rings is 1. The number of ether oxygens (including phenoxy) is 1. The normalized spacial score (nSPS) is 32.2. The molecule has 2 atom stereocenters. The molecule has 2 fully saturated rings. The Bertz CT molecular complexity index is 569. The summed E-state index contributed by atoms with van der Waals surface area (Å²) in [7, 11) is 0. The van der Waals surface area contributed by atoms with Gasteiger partial charge in [0.25, 0.3) is 0 Å². The van der Waals surface area contributed by atoms with Crippen LogP contribution in [0.25, 0.3) is 0 Å². The number of hydrogen-bond donors (Lipinski definition) is 0. The number of halogens is 1. The molecule has 0 radical (unpaired) electrons. The average molecular weight is 321 g/mol. The Kier molecular flexibility index (Phi) is 3.84. The average Bonchev–Trinajstić information content (AvgIpc) is 2.97. The molecule has 1 aliphatic carbocycles. The molecule has 4 rings (SSSR count). The van der Waals surface area contributed by atoms with E-state index in [1.54, 1.807) is 0 Å². The van der Waals surface area contributed by atoms with E-state index in [4.69, 9.17) is 21.2 Å². The van der Waals surface area contributed by atoms with Gasteiger partial charge in [-0.25, -0.2) is 0 Å². The minimum absolute atomic E-state index is 0.253. The standard InChI is InChI=1S/C17H21ClN2O2/c18-14-6-4-13(5-7-14)16-15-3-1-2-8-17(15,22-19-16)20-9-11-21-12-10-20/h4-7,15H,1-3,8-12H2. The molecule has 1 aromatic rings. The summed E-state index contributed by atoms with van der Waals surface area (Å²) < 4.78 is 5.51. The van der Waals surface area contributed by atoms with Crippen molar-refractivity contribution in [2.24, 2.45) is 11.1 Å². The molecular formula is C17H21ClN2O2. The van der Waals surface area contributed by atoms with Crippen LogP contribution in [0.5, 0.6) is 0 Å². The Balaban J connectivity index is 1.64. The second-order valence-corrected chi connectivity index (χ2v) is 6.75. The summed E-state index contributed by atoms with van der Waals surface area (Å²) in [4.78, 5) is 8.56. The number of nitrogens with zero attached hydrogens (tertiary/aromatic N) is 2. The lowest BCUT2D eigenvalue weighted by atomic mass is 9.76. The number of benzene rings is 1. The van der Waals surface area contributed by atoms with Gasteiger partial charge >= 0.3 is 0 Å². The second-order valence-electron chi connectivity index (χ2n) is 6.32. The van der Waals surface area contributed by atoms with E-state index in [0.717, 1.165) is 55.4 Å². The Morgan fingerprint density at radius 3 is 2.68 bits per heavy atom. The van der Waals surface area contributed by atoms with Crippen molar-refractivity contribution in [3.8, 4) is 0 Å². The van der Waals surface area contributed by atoms with Crippen LogP contribution >= 0.6 is 11.6 Å². The van der Waals surface area contributed by atoms with E-state index in [1.807, 2.05) is 12.1 Å². The minimum atomic E-state index is -0.253. The highest BCUT2D eigenvalue weighted by atomic mass is 35.5. The summed E-state index contributed by atoms with van der Waals surface area (Å²) in [5.74, 6) is 0.348. The van der Waals surface area contributed by atoms with E-state index in [9.17, 15) is 0 Å². The highest BCUT2D eigenvalue weighted by Crippen LogP contribution is 2.45. The van der Waals surface area contributed by atoms with E-state index in [-0.39, 0.29) is 5.72 Å². The quantitative estimate of drug-likeness (QED) is 0.838. The predicted octanol–water partition coefficient (Wildman–Crippen LogP) is 3.29. The van der Waals surface area contributed by atoms with E-state index in [1.165, 1.54) is 12.8 Å². The SMILES string of the molecule is Clc1ccc(C2=NOC3(N4CCOCC4)CCCCC23)cc1. The van der Waals surface area contributed by atoms with Crippen LogP contribution in [-0.4, -0.2) is 42.6 Å². The van der Waals surface area contributed by atoms with E-state index in [2.05, 4.69) is 22.2 Å². The zero-order valence-electron chi connectivity index (χ0n) is 12.6. The Hall–Kier alpha value is -1.10. The third-order valence-electron chi connectivity index (χ3n) is 5.14. The molecule has 4 nitrogen and oxygen atoms in total. The molecule has 118 valence electrons. The van der Waals surface area contributed by atoms with Crippen molar-refractivity contribution in [3.05, 3.63) is 34.9 Å². The molecule has 1 aromatic carbocycles. The molecule has 0 amide bonds.